The lowest BCUT2D eigenvalue weighted by Crippen LogP contribution is -2.36. The van der Waals surface area contributed by atoms with E-state index in [0.29, 0.717) is 6.04 Å². The van der Waals surface area contributed by atoms with Crippen LogP contribution in [-0.4, -0.2) is 6.04 Å². The SMILES string of the molecule is CCCC(C)CC(CCc1ccccc1C)NN. The highest BCUT2D eigenvalue weighted by Gasteiger charge is 2.11. The minimum absolute atomic E-state index is 0.436. The summed E-state index contributed by atoms with van der Waals surface area (Å²) < 4.78 is 0. The van der Waals surface area contributed by atoms with Crippen LogP contribution >= 0.6 is 0 Å². The maximum atomic E-state index is 5.67. The Morgan fingerprint density at radius 1 is 1.22 bits per heavy atom. The molecule has 0 aliphatic heterocycles. The highest BCUT2D eigenvalue weighted by molar-refractivity contribution is 5.25. The van der Waals surface area contributed by atoms with Gasteiger partial charge in [0.15, 0.2) is 0 Å². The van der Waals surface area contributed by atoms with E-state index in [1.165, 1.54) is 30.4 Å². The molecule has 2 heteroatoms. The zero-order chi connectivity index (χ0) is 13.4. The zero-order valence-corrected chi connectivity index (χ0v) is 12.1. The van der Waals surface area contributed by atoms with Crippen LogP contribution in [0.1, 0.15) is 50.7 Å². The fourth-order valence-electron chi connectivity index (χ4n) is 2.59. The molecule has 1 aromatic carbocycles. The van der Waals surface area contributed by atoms with Crippen molar-refractivity contribution in [2.24, 2.45) is 11.8 Å². The van der Waals surface area contributed by atoms with E-state index in [-0.39, 0.29) is 0 Å². The minimum atomic E-state index is 0.436. The van der Waals surface area contributed by atoms with E-state index in [4.69, 9.17) is 5.84 Å². The second-order valence-corrected chi connectivity index (χ2v) is 5.46. The van der Waals surface area contributed by atoms with E-state index in [1.807, 2.05) is 0 Å². The first-order chi connectivity index (χ1) is 8.67. The molecule has 0 saturated heterocycles. The maximum Gasteiger partial charge on any atom is 0.0216 e. The number of hydrogen-bond acceptors (Lipinski definition) is 2. The number of nitrogens with two attached hydrogens (primary N) is 1. The number of hydrogen-bond donors (Lipinski definition) is 2. The molecule has 18 heavy (non-hydrogen) atoms. The van der Waals surface area contributed by atoms with E-state index in [1.54, 1.807) is 0 Å². The first kappa shape index (κ1) is 15.2. The van der Waals surface area contributed by atoms with Crippen LogP contribution in [0.5, 0.6) is 0 Å². The van der Waals surface area contributed by atoms with Gasteiger partial charge in [0.25, 0.3) is 0 Å². The molecular weight excluding hydrogens is 220 g/mol. The summed E-state index contributed by atoms with van der Waals surface area (Å²) in [7, 11) is 0. The summed E-state index contributed by atoms with van der Waals surface area (Å²) in [5.74, 6) is 6.43. The van der Waals surface area contributed by atoms with Crippen LogP contribution in [0.2, 0.25) is 0 Å². The fraction of sp³-hybridized carbons (Fsp3) is 0.625. The van der Waals surface area contributed by atoms with Gasteiger partial charge < -0.3 is 0 Å². The Balaban J connectivity index is 2.42. The van der Waals surface area contributed by atoms with Gasteiger partial charge in [0.2, 0.25) is 0 Å². The normalized spacial score (nSPS) is 14.4. The quantitative estimate of drug-likeness (QED) is 0.545. The van der Waals surface area contributed by atoms with Gasteiger partial charge in [-0.05, 0) is 43.2 Å². The Morgan fingerprint density at radius 3 is 2.56 bits per heavy atom. The topological polar surface area (TPSA) is 38.0 Å². The van der Waals surface area contributed by atoms with Gasteiger partial charge in [0.05, 0.1) is 0 Å². The summed E-state index contributed by atoms with van der Waals surface area (Å²) in [6, 6.07) is 9.05. The number of nitrogens with one attached hydrogen (secondary N) is 1. The second kappa shape index (κ2) is 8.28. The third-order valence-corrected chi connectivity index (χ3v) is 3.73. The smallest absolute Gasteiger partial charge is 0.0216 e. The molecule has 0 aliphatic rings. The van der Waals surface area contributed by atoms with Crippen molar-refractivity contribution in [3.8, 4) is 0 Å². The Labute approximate surface area is 112 Å². The number of rotatable bonds is 8. The summed E-state index contributed by atoms with van der Waals surface area (Å²) in [6.45, 7) is 6.75. The van der Waals surface area contributed by atoms with E-state index < -0.39 is 0 Å². The summed E-state index contributed by atoms with van der Waals surface area (Å²) in [6.07, 6.45) is 5.96. The largest absolute Gasteiger partial charge is 0.271 e. The Morgan fingerprint density at radius 2 is 1.94 bits per heavy atom. The van der Waals surface area contributed by atoms with Gasteiger partial charge in [-0.3, -0.25) is 11.3 Å². The van der Waals surface area contributed by atoms with Crippen LogP contribution in [0.3, 0.4) is 0 Å². The lowest BCUT2D eigenvalue weighted by atomic mass is 9.93. The standard InChI is InChI=1S/C16H28N2/c1-4-7-13(2)12-16(18-17)11-10-15-9-6-5-8-14(15)3/h5-6,8-9,13,16,18H,4,7,10-12,17H2,1-3H3. The van der Waals surface area contributed by atoms with Gasteiger partial charge >= 0.3 is 0 Å². The second-order valence-electron chi connectivity index (χ2n) is 5.46. The molecule has 2 nitrogen and oxygen atoms in total. The molecule has 0 bridgehead atoms. The van der Waals surface area contributed by atoms with Crippen LogP contribution in [0, 0.1) is 12.8 Å². The van der Waals surface area contributed by atoms with Crippen LogP contribution in [0.15, 0.2) is 24.3 Å². The predicted octanol–water partition coefficient (Wildman–Crippen LogP) is 3.59. The van der Waals surface area contributed by atoms with Crippen LogP contribution < -0.4 is 11.3 Å². The van der Waals surface area contributed by atoms with Gasteiger partial charge in [-0.25, -0.2) is 0 Å². The molecule has 0 fully saturated rings. The molecule has 1 rings (SSSR count). The molecule has 0 aromatic heterocycles. The van der Waals surface area contributed by atoms with Gasteiger partial charge in [-0.2, -0.15) is 0 Å². The monoisotopic (exact) mass is 248 g/mol. The van der Waals surface area contributed by atoms with Crippen LogP contribution in [-0.2, 0) is 6.42 Å². The first-order valence-electron chi connectivity index (χ1n) is 7.18. The molecule has 0 aliphatic carbocycles. The number of aryl methyl sites for hydroxylation is 2. The molecule has 1 aromatic rings. The third kappa shape index (κ3) is 5.19. The zero-order valence-electron chi connectivity index (χ0n) is 12.1. The highest BCUT2D eigenvalue weighted by Crippen LogP contribution is 2.17. The summed E-state index contributed by atoms with van der Waals surface area (Å²) in [4.78, 5) is 0. The fourth-order valence-corrected chi connectivity index (χ4v) is 2.59. The molecule has 2 atom stereocenters. The molecule has 2 unspecified atom stereocenters. The van der Waals surface area contributed by atoms with Gasteiger partial charge in [-0.1, -0.05) is 51.0 Å². The van der Waals surface area contributed by atoms with Crippen LogP contribution in [0.25, 0.3) is 0 Å². The van der Waals surface area contributed by atoms with E-state index in [0.717, 1.165) is 18.8 Å². The summed E-state index contributed by atoms with van der Waals surface area (Å²) in [5, 5.41) is 0. The van der Waals surface area contributed by atoms with Crippen molar-refractivity contribution in [2.75, 3.05) is 0 Å². The Bertz CT molecular complexity index is 336. The van der Waals surface area contributed by atoms with Gasteiger partial charge in [-0.15, -0.1) is 0 Å². The maximum absolute atomic E-state index is 5.67. The number of benzene rings is 1. The lowest BCUT2D eigenvalue weighted by molar-refractivity contribution is 0.371. The van der Waals surface area contributed by atoms with E-state index in [2.05, 4.69) is 50.5 Å². The molecule has 0 radical (unpaired) electrons. The predicted molar refractivity (Wildman–Crippen MR) is 79.3 cm³/mol. The molecule has 0 saturated carbocycles. The average molecular weight is 248 g/mol. The molecule has 102 valence electrons. The molecule has 0 heterocycles. The summed E-state index contributed by atoms with van der Waals surface area (Å²) >= 11 is 0. The lowest BCUT2D eigenvalue weighted by Gasteiger charge is -2.20. The van der Waals surface area contributed by atoms with Crippen molar-refractivity contribution in [3.63, 3.8) is 0 Å². The average Bonchev–Trinajstić information content (AvgIpc) is 2.36. The van der Waals surface area contributed by atoms with E-state index in [9.17, 15) is 0 Å². The Hall–Kier alpha value is -0.860. The van der Waals surface area contributed by atoms with E-state index >= 15 is 0 Å². The molecule has 0 amide bonds. The van der Waals surface area contributed by atoms with Crippen molar-refractivity contribution < 1.29 is 0 Å². The molecule has 0 spiro atoms. The molecule has 3 N–H and O–H groups in total. The Kier molecular flexibility index (Phi) is 6.99. The highest BCUT2D eigenvalue weighted by atomic mass is 15.2. The van der Waals surface area contributed by atoms with Gasteiger partial charge in [0.1, 0.15) is 0 Å². The van der Waals surface area contributed by atoms with Crippen molar-refractivity contribution >= 4 is 0 Å². The van der Waals surface area contributed by atoms with Crippen molar-refractivity contribution in [1.82, 2.24) is 5.43 Å². The third-order valence-electron chi connectivity index (χ3n) is 3.73. The van der Waals surface area contributed by atoms with Crippen molar-refractivity contribution in [1.29, 1.82) is 0 Å². The molecular formula is C16H28N2. The number of hydrazine groups is 1. The minimum Gasteiger partial charge on any atom is -0.271 e. The van der Waals surface area contributed by atoms with Gasteiger partial charge in [0, 0.05) is 6.04 Å². The summed E-state index contributed by atoms with van der Waals surface area (Å²) in [5.41, 5.74) is 5.81. The van der Waals surface area contributed by atoms with Crippen molar-refractivity contribution in [2.45, 2.75) is 58.9 Å². The van der Waals surface area contributed by atoms with Crippen LogP contribution in [0.4, 0.5) is 0 Å². The first-order valence-corrected chi connectivity index (χ1v) is 7.18. The van der Waals surface area contributed by atoms with Crippen molar-refractivity contribution in [3.05, 3.63) is 35.4 Å².